The van der Waals surface area contributed by atoms with Crippen molar-refractivity contribution in [1.29, 1.82) is 0 Å². The Morgan fingerprint density at radius 3 is 2.74 bits per heavy atom. The summed E-state index contributed by atoms with van der Waals surface area (Å²) in [6, 6.07) is 2.41. The maximum absolute atomic E-state index is 13.2. The molecule has 2 heterocycles. The molecule has 0 saturated carbocycles. The van der Waals surface area contributed by atoms with E-state index in [-0.39, 0.29) is 34.7 Å². The number of hydrogen-bond donors (Lipinski definition) is 1. The molecule has 1 aliphatic rings. The van der Waals surface area contributed by atoms with Gasteiger partial charge in [0, 0.05) is 45.1 Å². The van der Waals surface area contributed by atoms with Crippen molar-refractivity contribution in [2.45, 2.75) is 6.04 Å². The molecule has 1 saturated heterocycles. The number of aromatic nitrogens is 2. The predicted octanol–water partition coefficient (Wildman–Crippen LogP) is 1.13. The summed E-state index contributed by atoms with van der Waals surface area (Å²) in [6.45, 7) is 1.63. The van der Waals surface area contributed by atoms with Crippen molar-refractivity contribution < 1.29 is 19.2 Å². The minimum atomic E-state index is -0.591. The number of methoxy groups -OCH3 is 2. The summed E-state index contributed by atoms with van der Waals surface area (Å²) in [6.07, 6.45) is 3.49. The topological polar surface area (TPSA) is 112 Å². The summed E-state index contributed by atoms with van der Waals surface area (Å²) in [5, 5.41) is 14.7. The molecular formula is C17H21N5O5. The van der Waals surface area contributed by atoms with Gasteiger partial charge in [0.05, 0.1) is 24.7 Å². The van der Waals surface area contributed by atoms with Crippen molar-refractivity contribution in [3.63, 3.8) is 0 Å². The molecule has 1 atom stereocenters. The number of nitro benzene ring substituents is 1. The molecule has 1 fully saturated rings. The summed E-state index contributed by atoms with van der Waals surface area (Å²) in [4.78, 5) is 30.0. The number of benzene rings is 1. The van der Waals surface area contributed by atoms with Crippen LogP contribution in [0.25, 0.3) is 0 Å². The average Bonchev–Trinajstić information content (AvgIpc) is 3.11. The van der Waals surface area contributed by atoms with Gasteiger partial charge < -0.3 is 24.3 Å². The van der Waals surface area contributed by atoms with E-state index in [9.17, 15) is 14.9 Å². The highest BCUT2D eigenvalue weighted by Gasteiger charge is 2.33. The highest BCUT2D eigenvalue weighted by molar-refractivity contribution is 5.96. The van der Waals surface area contributed by atoms with Crippen LogP contribution in [0.2, 0.25) is 0 Å². The van der Waals surface area contributed by atoms with Gasteiger partial charge in [-0.3, -0.25) is 14.9 Å². The fraction of sp³-hybridized carbons (Fsp3) is 0.412. The van der Waals surface area contributed by atoms with Crippen LogP contribution in [0.3, 0.4) is 0 Å². The van der Waals surface area contributed by atoms with Gasteiger partial charge in [-0.2, -0.15) is 0 Å². The zero-order valence-corrected chi connectivity index (χ0v) is 15.3. The number of aryl methyl sites for hydroxylation is 1. The van der Waals surface area contributed by atoms with E-state index in [2.05, 4.69) is 10.3 Å². The maximum Gasteiger partial charge on any atom is 0.315 e. The number of ether oxygens (including phenoxy) is 2. The van der Waals surface area contributed by atoms with Gasteiger partial charge in [-0.25, -0.2) is 4.98 Å². The van der Waals surface area contributed by atoms with Crippen LogP contribution in [-0.2, 0) is 7.05 Å². The number of rotatable bonds is 5. The molecule has 1 amide bonds. The number of piperazine rings is 1. The summed E-state index contributed by atoms with van der Waals surface area (Å²) in [5.74, 6) is 0.540. The number of nitrogens with one attached hydrogen (secondary N) is 1. The summed E-state index contributed by atoms with van der Waals surface area (Å²) in [7, 11) is 4.55. The molecule has 2 aromatic rings. The SMILES string of the molecule is COc1cc(C(=O)N2CCNCC2c2nccn2C)cc([N+](=O)[O-])c1OC. The lowest BCUT2D eigenvalue weighted by atomic mass is 10.1. The number of carbonyl (C=O) groups excluding carboxylic acids is 1. The van der Waals surface area contributed by atoms with Crippen molar-refractivity contribution in [2.75, 3.05) is 33.9 Å². The Morgan fingerprint density at radius 2 is 2.15 bits per heavy atom. The molecule has 0 aliphatic carbocycles. The van der Waals surface area contributed by atoms with Crippen molar-refractivity contribution in [3.8, 4) is 11.5 Å². The molecule has 0 radical (unpaired) electrons. The van der Waals surface area contributed by atoms with Crippen LogP contribution in [0.15, 0.2) is 24.5 Å². The molecule has 144 valence electrons. The summed E-state index contributed by atoms with van der Waals surface area (Å²) in [5.41, 5.74) is -0.149. The van der Waals surface area contributed by atoms with Crippen LogP contribution in [0.4, 0.5) is 5.69 Å². The quantitative estimate of drug-likeness (QED) is 0.616. The Bertz CT molecular complexity index is 865. The maximum atomic E-state index is 13.2. The third-order valence-electron chi connectivity index (χ3n) is 4.56. The normalized spacial score (nSPS) is 16.9. The van der Waals surface area contributed by atoms with Gasteiger partial charge in [-0.05, 0) is 6.07 Å². The average molecular weight is 375 g/mol. The van der Waals surface area contributed by atoms with Gasteiger partial charge in [0.1, 0.15) is 11.9 Å². The molecule has 1 aliphatic heterocycles. The first-order valence-corrected chi connectivity index (χ1v) is 8.37. The third kappa shape index (κ3) is 3.43. The Kier molecular flexibility index (Phi) is 5.26. The standard InChI is InChI=1S/C17H21N5O5/c1-20-6-5-19-16(20)13-10-18-4-7-21(13)17(23)11-8-12(22(24)25)15(27-3)14(9-11)26-2/h5-6,8-9,13,18H,4,7,10H2,1-3H3. The molecular weight excluding hydrogens is 354 g/mol. The van der Waals surface area contributed by atoms with Crippen LogP contribution in [0, 0.1) is 10.1 Å². The molecule has 10 heteroatoms. The largest absolute Gasteiger partial charge is 0.493 e. The van der Waals surface area contributed by atoms with Gasteiger partial charge in [0.2, 0.25) is 5.75 Å². The van der Waals surface area contributed by atoms with E-state index in [1.54, 1.807) is 11.1 Å². The number of nitrogens with zero attached hydrogens (tertiary/aromatic N) is 4. The minimum absolute atomic E-state index is 0.0139. The Balaban J connectivity index is 2.02. The molecule has 10 nitrogen and oxygen atoms in total. The number of amides is 1. The Morgan fingerprint density at radius 1 is 1.37 bits per heavy atom. The zero-order chi connectivity index (χ0) is 19.6. The molecule has 0 bridgehead atoms. The monoisotopic (exact) mass is 375 g/mol. The molecule has 1 aromatic carbocycles. The fourth-order valence-electron chi connectivity index (χ4n) is 3.25. The van der Waals surface area contributed by atoms with Gasteiger partial charge in [0.25, 0.3) is 5.91 Å². The Hall–Kier alpha value is -3.14. The smallest absolute Gasteiger partial charge is 0.315 e. The summed E-state index contributed by atoms with van der Waals surface area (Å²) < 4.78 is 12.1. The van der Waals surface area contributed by atoms with Gasteiger partial charge in [-0.1, -0.05) is 0 Å². The van der Waals surface area contributed by atoms with E-state index in [1.165, 1.54) is 26.4 Å². The molecule has 3 rings (SSSR count). The van der Waals surface area contributed by atoms with Gasteiger partial charge in [0.15, 0.2) is 5.75 Å². The van der Waals surface area contributed by atoms with Crippen molar-refractivity contribution in [2.24, 2.45) is 7.05 Å². The second-order valence-electron chi connectivity index (χ2n) is 6.10. The minimum Gasteiger partial charge on any atom is -0.493 e. The van der Waals surface area contributed by atoms with Crippen LogP contribution >= 0.6 is 0 Å². The second-order valence-corrected chi connectivity index (χ2v) is 6.10. The van der Waals surface area contributed by atoms with Crippen LogP contribution in [0.1, 0.15) is 22.2 Å². The predicted molar refractivity (Wildman–Crippen MR) is 96.1 cm³/mol. The molecule has 1 unspecified atom stereocenters. The lowest BCUT2D eigenvalue weighted by Gasteiger charge is -2.35. The molecule has 27 heavy (non-hydrogen) atoms. The van der Waals surface area contributed by atoms with Gasteiger partial charge >= 0.3 is 5.69 Å². The molecule has 1 N–H and O–H groups in total. The van der Waals surface area contributed by atoms with Gasteiger partial charge in [-0.15, -0.1) is 0 Å². The number of imidazole rings is 1. The van der Waals surface area contributed by atoms with E-state index in [4.69, 9.17) is 9.47 Å². The first-order valence-electron chi connectivity index (χ1n) is 8.37. The first kappa shape index (κ1) is 18.6. The van der Waals surface area contributed by atoms with E-state index < -0.39 is 4.92 Å². The van der Waals surface area contributed by atoms with E-state index >= 15 is 0 Å². The number of carbonyl (C=O) groups is 1. The highest BCUT2D eigenvalue weighted by atomic mass is 16.6. The second kappa shape index (κ2) is 7.62. The van der Waals surface area contributed by atoms with E-state index in [0.717, 1.165) is 5.82 Å². The van der Waals surface area contributed by atoms with E-state index in [1.807, 2.05) is 17.8 Å². The Labute approximate surface area is 155 Å². The van der Waals surface area contributed by atoms with Crippen LogP contribution in [-0.4, -0.2) is 59.1 Å². The molecule has 1 aromatic heterocycles. The summed E-state index contributed by atoms with van der Waals surface area (Å²) >= 11 is 0. The lowest BCUT2D eigenvalue weighted by molar-refractivity contribution is -0.385. The highest BCUT2D eigenvalue weighted by Crippen LogP contribution is 2.38. The number of hydrogen-bond acceptors (Lipinski definition) is 7. The van der Waals surface area contributed by atoms with Crippen LogP contribution in [0.5, 0.6) is 11.5 Å². The third-order valence-corrected chi connectivity index (χ3v) is 4.56. The zero-order valence-electron chi connectivity index (χ0n) is 15.3. The fourth-order valence-corrected chi connectivity index (χ4v) is 3.25. The van der Waals surface area contributed by atoms with Crippen molar-refractivity contribution >= 4 is 11.6 Å². The van der Waals surface area contributed by atoms with Crippen molar-refractivity contribution in [3.05, 3.63) is 46.0 Å². The lowest BCUT2D eigenvalue weighted by Crippen LogP contribution is -2.49. The number of nitro groups is 1. The van der Waals surface area contributed by atoms with Crippen molar-refractivity contribution in [1.82, 2.24) is 19.8 Å². The molecule has 0 spiro atoms. The first-order chi connectivity index (χ1) is 13.0. The van der Waals surface area contributed by atoms with Crippen LogP contribution < -0.4 is 14.8 Å². The van der Waals surface area contributed by atoms with E-state index in [0.29, 0.717) is 19.6 Å².